The van der Waals surface area contributed by atoms with E-state index in [4.69, 9.17) is 26.2 Å². The lowest BCUT2D eigenvalue weighted by molar-refractivity contribution is -0.571. The molecule has 5 heteroatoms. The fourth-order valence-electron chi connectivity index (χ4n) is 10.7. The third-order valence-electron chi connectivity index (χ3n) is 14.9. The fourth-order valence-corrected chi connectivity index (χ4v) is 10.7. The second kappa shape index (κ2) is 21.4. The van der Waals surface area contributed by atoms with E-state index >= 15 is 0 Å². The summed E-state index contributed by atoms with van der Waals surface area (Å²) in [6.45, 7) is 12.3. The van der Waals surface area contributed by atoms with Crippen LogP contribution < -0.4 is 9.30 Å². The largest absolute Gasteiger partial charge is 0.458 e. The van der Waals surface area contributed by atoms with Crippen molar-refractivity contribution in [2.24, 2.45) is 0 Å². The van der Waals surface area contributed by atoms with Crippen molar-refractivity contribution in [3.63, 3.8) is 0 Å². The van der Waals surface area contributed by atoms with Gasteiger partial charge in [-0.05, 0) is 174 Å². The highest BCUT2D eigenvalue weighted by Crippen LogP contribution is 2.43. The van der Waals surface area contributed by atoms with Gasteiger partial charge < -0.3 is 4.74 Å². The summed E-state index contributed by atoms with van der Waals surface area (Å²) in [6, 6.07) is 21.2. The molecule has 3 heterocycles. The van der Waals surface area contributed by atoms with Gasteiger partial charge in [0.1, 0.15) is 17.3 Å². The van der Waals surface area contributed by atoms with E-state index in [2.05, 4.69) is 37.7 Å². The molecule has 0 atom stereocenters. The maximum Gasteiger partial charge on any atom is 0.269 e. The molecule has 0 aliphatic carbocycles. The van der Waals surface area contributed by atoms with E-state index in [1.165, 1.54) is 16.7 Å². The van der Waals surface area contributed by atoms with Gasteiger partial charge in [-0.1, -0.05) is 223 Å². The Morgan fingerprint density at radius 2 is 0.988 bits per heavy atom. The number of imidazole rings is 1. The van der Waals surface area contributed by atoms with Crippen LogP contribution in [0.25, 0.3) is 117 Å². The van der Waals surface area contributed by atoms with Gasteiger partial charge in [0.15, 0.2) is 0 Å². The van der Waals surface area contributed by atoms with E-state index in [-0.39, 0.29) is 55.5 Å². The summed E-state index contributed by atoms with van der Waals surface area (Å²) in [7, 11) is 0. The van der Waals surface area contributed by atoms with E-state index < -0.39 is 172 Å². The first-order valence-electron chi connectivity index (χ1n) is 39.0. The summed E-state index contributed by atoms with van der Waals surface area (Å²) in [6.07, 6.45) is 5.31. The predicted molar refractivity (Wildman–Crippen MR) is 352 cm³/mol. The van der Waals surface area contributed by atoms with Gasteiger partial charge in [0, 0.05) is 23.0 Å². The zero-order chi connectivity index (χ0) is 77.8. The van der Waals surface area contributed by atoms with Crippen molar-refractivity contribution in [1.29, 1.82) is 0 Å². The van der Waals surface area contributed by atoms with E-state index in [1.54, 1.807) is 65.4 Å². The number of ether oxygens (including phenoxy) is 1. The Kier molecular flexibility index (Phi) is 8.34. The summed E-state index contributed by atoms with van der Waals surface area (Å²) < 4.78 is 224. The zero-order valence-corrected chi connectivity index (χ0v) is 47.0. The van der Waals surface area contributed by atoms with Crippen LogP contribution in [0.15, 0.2) is 279 Å². The number of aromatic nitrogens is 4. The minimum Gasteiger partial charge on any atom is -0.458 e. The van der Waals surface area contributed by atoms with Crippen LogP contribution in [0.1, 0.15) is 84.2 Å². The molecule has 85 heavy (non-hydrogen) atoms. The van der Waals surface area contributed by atoms with Crippen LogP contribution in [-0.4, -0.2) is 14.1 Å². The number of hydrogen-bond donors (Lipinski definition) is 0. The van der Waals surface area contributed by atoms with Crippen LogP contribution in [0.2, 0.25) is 0 Å². The lowest BCUT2D eigenvalue weighted by Gasteiger charge is -2.23. The molecule has 0 amide bonds. The van der Waals surface area contributed by atoms with Gasteiger partial charge in [0.25, 0.3) is 6.33 Å². The van der Waals surface area contributed by atoms with Crippen molar-refractivity contribution in [2.45, 2.75) is 52.4 Å². The minimum atomic E-state index is -0.949. The monoisotopic (exact) mass is 1120 g/mol. The molecule has 0 aliphatic rings. The lowest BCUT2D eigenvalue weighted by atomic mass is 9.84. The minimum absolute atomic E-state index is 0.0474. The molecule has 0 unspecified atom stereocenters. The molecule has 410 valence electrons. The Hall–Kier alpha value is -10.4. The van der Waals surface area contributed by atoms with Crippen molar-refractivity contribution in [3.05, 3.63) is 296 Å². The van der Waals surface area contributed by atoms with E-state index in [0.717, 1.165) is 32.9 Å². The Bertz CT molecular complexity index is 6040. The lowest BCUT2D eigenvalue weighted by Crippen LogP contribution is -2.31. The smallest absolute Gasteiger partial charge is 0.269 e. The predicted octanol–water partition coefficient (Wildman–Crippen LogP) is 20.6. The van der Waals surface area contributed by atoms with Crippen LogP contribution >= 0.6 is 0 Å². The first-order chi connectivity index (χ1) is 50.9. The molecule has 0 saturated heterocycles. The fraction of sp³-hybridized carbons (Fsp3) is 0.100. The Balaban J connectivity index is 1.13. The number of fused-ring (bicyclic) bond motifs is 4. The Morgan fingerprint density at radius 1 is 0.424 bits per heavy atom. The van der Waals surface area contributed by atoms with Crippen LogP contribution in [0.3, 0.4) is 0 Å². The Labute approximate surface area is 530 Å². The van der Waals surface area contributed by atoms with Crippen LogP contribution in [-0.2, 0) is 10.8 Å². The number of nitrogens with zero attached hydrogens (tertiary/aromatic N) is 4. The van der Waals surface area contributed by atoms with Gasteiger partial charge in [0.2, 0.25) is 0 Å². The van der Waals surface area contributed by atoms with Gasteiger partial charge in [-0.15, -0.1) is 0 Å². The van der Waals surface area contributed by atoms with E-state index in [9.17, 15) is 15.1 Å². The molecule has 0 saturated carbocycles. The van der Waals surface area contributed by atoms with Gasteiger partial charge in [-0.3, -0.25) is 13.7 Å². The van der Waals surface area contributed by atoms with Crippen LogP contribution in [0, 0.1) is 6.33 Å². The summed E-state index contributed by atoms with van der Waals surface area (Å²) >= 11 is 0. The second-order valence-corrected chi connectivity index (χ2v) is 22.5. The molecular weight excluding hydrogens is 1030 g/mol. The third kappa shape index (κ3) is 10.2. The molecule has 14 aromatic rings. The highest BCUT2D eigenvalue weighted by Gasteiger charge is 2.25. The van der Waals surface area contributed by atoms with Crippen LogP contribution in [0.5, 0.6) is 11.5 Å². The molecule has 0 bridgehead atoms. The van der Waals surface area contributed by atoms with Gasteiger partial charge in [0.05, 0.1) is 65.0 Å². The quantitative estimate of drug-likeness (QED) is 0.0956. The molecule has 11 aromatic carbocycles. The Morgan fingerprint density at radius 3 is 1.65 bits per heavy atom. The van der Waals surface area contributed by atoms with Crippen molar-refractivity contribution in [1.82, 2.24) is 14.1 Å². The number of para-hydroxylation sites is 1. The second-order valence-electron chi connectivity index (χ2n) is 22.5. The molecule has 0 spiro atoms. The number of hydrogen-bond acceptors (Lipinski definition) is 2. The maximum atomic E-state index is 10.6. The molecular formula is C80H64N4O. The molecule has 3 aromatic heterocycles. The SMILES string of the molecule is [2H]c1c([2H])c([2H])c(-c2cc(-c3cccc(C(C)(C)C)c3)c(-[n+]3[c-]n(-c4cccc(Oc5ccc6c7ccccc7n(-c7cc(C(C)(C)C)ccn7)c6c5)c4)c4cc(-c5c([2H])c([2H])c([2H])c([2H])c5[2H])ccc43)c(-c3c([2H])c(-c4c([2H])c([2H])c([2H])c([2H])c4[2H])c([2H])c(-c4c([2H])c([2H])c([2H])c([2H])c4[2H])c3[2H])c2)c([2H])c1[2H]. The number of rotatable bonds is 11. The first kappa shape index (κ1) is 33.1. The molecule has 14 rings (SSSR count). The standard InChI is InChI=1S/C80H64N4O/c1-79(2,3)64-32-21-31-59(46-64)71-47-62(57-29-17-10-18-30-57)48-72(63-44-60(55-25-13-8-14-26-55)43-61(45-63)56-27-15-9-16-28-56)78(71)83-53-82(76-49-58(37-40-74(76)83)54-23-11-7-12-24-54)66-33-22-34-67(51-66)85-68-38-39-70-69-35-19-20-36-73(69)84(75(70)52-68)77-50-65(41-42-81-77)80(4,5)6/h7-52H,1-6H3/i7D,8D,9D,10D,11D,12D,13D,14D,15D,16D,17D,18D,23D,24D,25D,26D,27D,28D,29D,30D,43D,44D,45D. The van der Waals surface area contributed by atoms with Gasteiger partial charge in [-0.2, -0.15) is 0 Å². The maximum absolute atomic E-state index is 10.6. The molecule has 5 nitrogen and oxygen atoms in total. The normalized spacial score (nSPS) is 15.7. The summed E-state index contributed by atoms with van der Waals surface area (Å²) in [4.78, 5) is 4.86. The molecule has 0 aliphatic heterocycles. The first-order valence-corrected chi connectivity index (χ1v) is 27.5. The van der Waals surface area contributed by atoms with Crippen molar-refractivity contribution < 1.29 is 40.8 Å². The van der Waals surface area contributed by atoms with Crippen molar-refractivity contribution >= 4 is 32.8 Å². The topological polar surface area (TPSA) is 35.9 Å². The molecule has 0 fully saturated rings. The third-order valence-corrected chi connectivity index (χ3v) is 14.9. The van der Waals surface area contributed by atoms with E-state index in [1.807, 2.05) is 81.4 Å². The van der Waals surface area contributed by atoms with E-state index in [0.29, 0.717) is 28.6 Å². The van der Waals surface area contributed by atoms with Crippen molar-refractivity contribution in [3.8, 4) is 95.5 Å². The average Bonchev–Trinajstić information content (AvgIpc) is 0.956. The summed E-state index contributed by atoms with van der Waals surface area (Å²) in [5, 5.41) is 1.90. The summed E-state index contributed by atoms with van der Waals surface area (Å²) in [5.41, 5.74) is -0.518. The van der Waals surface area contributed by atoms with Gasteiger partial charge in [-0.25, -0.2) is 4.98 Å². The highest BCUT2D eigenvalue weighted by atomic mass is 16.5. The zero-order valence-electron chi connectivity index (χ0n) is 70.0. The van der Waals surface area contributed by atoms with Gasteiger partial charge >= 0.3 is 0 Å². The number of benzene rings is 11. The summed E-state index contributed by atoms with van der Waals surface area (Å²) in [5.74, 6) is 1.40. The molecule has 0 N–H and O–H groups in total. The number of pyridine rings is 1. The average molecular weight is 1120 g/mol. The highest BCUT2D eigenvalue weighted by molar-refractivity contribution is 6.09. The van der Waals surface area contributed by atoms with Crippen LogP contribution in [0.4, 0.5) is 0 Å². The molecule has 0 radical (unpaired) electrons. The van der Waals surface area contributed by atoms with Crippen molar-refractivity contribution in [2.75, 3.05) is 0 Å².